The van der Waals surface area contributed by atoms with E-state index in [2.05, 4.69) is 35.2 Å². The van der Waals surface area contributed by atoms with Gasteiger partial charge in [-0.1, -0.05) is 49.6 Å². The fourth-order valence-corrected chi connectivity index (χ4v) is 3.71. The Labute approximate surface area is 115 Å². The van der Waals surface area contributed by atoms with Gasteiger partial charge in [-0.25, -0.2) is 4.39 Å². The van der Waals surface area contributed by atoms with Crippen molar-refractivity contribution in [1.29, 1.82) is 0 Å². The van der Waals surface area contributed by atoms with Gasteiger partial charge >= 0.3 is 0 Å². The van der Waals surface area contributed by atoms with Crippen LogP contribution in [0.5, 0.6) is 0 Å². The minimum absolute atomic E-state index is 0.0651. The summed E-state index contributed by atoms with van der Waals surface area (Å²) < 4.78 is 13.3. The molecule has 1 fully saturated rings. The maximum absolute atomic E-state index is 13.3. The van der Waals surface area contributed by atoms with Gasteiger partial charge in [0.1, 0.15) is 0 Å². The molecule has 0 bridgehead atoms. The Morgan fingerprint density at radius 2 is 1.74 bits per heavy atom. The van der Waals surface area contributed by atoms with E-state index in [4.69, 9.17) is 0 Å². The van der Waals surface area contributed by atoms with Crippen LogP contribution in [0.1, 0.15) is 44.1 Å². The third-order valence-electron chi connectivity index (χ3n) is 4.75. The minimum atomic E-state index is 0.0651. The lowest BCUT2D eigenvalue weighted by atomic mass is 9.75. The zero-order valence-corrected chi connectivity index (χ0v) is 11.4. The number of benzene rings is 1. The molecule has 0 spiro atoms. The summed E-state index contributed by atoms with van der Waals surface area (Å²) in [6.45, 7) is 1.62. The Hall–Kier alpha value is -1.15. The van der Waals surface area contributed by atoms with Crippen molar-refractivity contribution >= 4 is 0 Å². The molecule has 19 heavy (non-hydrogen) atoms. The summed E-state index contributed by atoms with van der Waals surface area (Å²) in [4.78, 5) is 2.50. The summed E-state index contributed by atoms with van der Waals surface area (Å²) >= 11 is 0. The largest absolute Gasteiger partial charge is 0.289 e. The molecule has 0 amide bonds. The molecule has 1 heterocycles. The van der Waals surface area contributed by atoms with Crippen molar-refractivity contribution in [2.24, 2.45) is 0 Å². The highest BCUT2D eigenvalue weighted by Gasteiger charge is 2.39. The van der Waals surface area contributed by atoms with Gasteiger partial charge < -0.3 is 0 Å². The molecular weight excluding hydrogens is 237 g/mol. The predicted molar refractivity (Wildman–Crippen MR) is 76.6 cm³/mol. The van der Waals surface area contributed by atoms with E-state index in [1.54, 1.807) is 6.08 Å². The summed E-state index contributed by atoms with van der Waals surface area (Å²) in [5.74, 6) is 0.0651. The minimum Gasteiger partial charge on any atom is -0.289 e. The first-order valence-corrected chi connectivity index (χ1v) is 7.46. The van der Waals surface area contributed by atoms with Crippen molar-refractivity contribution in [2.45, 2.75) is 44.1 Å². The normalized spacial score (nSPS) is 23.9. The average molecular weight is 259 g/mol. The van der Waals surface area contributed by atoms with Gasteiger partial charge in [-0.2, -0.15) is 0 Å². The maximum atomic E-state index is 13.3. The van der Waals surface area contributed by atoms with Crippen LogP contribution in [-0.2, 0) is 5.54 Å². The van der Waals surface area contributed by atoms with Crippen LogP contribution < -0.4 is 0 Å². The number of halogens is 1. The molecule has 0 unspecified atom stereocenters. The fraction of sp³-hybridized carbons (Fsp3) is 0.529. The topological polar surface area (TPSA) is 3.24 Å². The van der Waals surface area contributed by atoms with E-state index in [1.807, 2.05) is 0 Å². The van der Waals surface area contributed by atoms with Crippen LogP contribution in [0.25, 0.3) is 0 Å². The van der Waals surface area contributed by atoms with E-state index < -0.39 is 0 Å². The number of rotatable bonds is 2. The number of hydrogen-bond acceptors (Lipinski definition) is 1. The van der Waals surface area contributed by atoms with Gasteiger partial charge in [0.25, 0.3) is 0 Å². The van der Waals surface area contributed by atoms with E-state index in [-0.39, 0.29) is 11.4 Å². The highest BCUT2D eigenvalue weighted by Crippen LogP contribution is 2.43. The highest BCUT2D eigenvalue weighted by atomic mass is 19.1. The molecule has 3 rings (SSSR count). The molecule has 2 aliphatic rings. The molecule has 0 radical (unpaired) electrons. The van der Waals surface area contributed by atoms with E-state index in [0.717, 1.165) is 13.1 Å². The van der Waals surface area contributed by atoms with Gasteiger partial charge in [0.15, 0.2) is 0 Å². The van der Waals surface area contributed by atoms with Gasteiger partial charge in [0.2, 0.25) is 0 Å². The SMILES string of the molecule is FC1=CCN(C2(c3ccccc3)CCCCC2)CC1. The maximum Gasteiger partial charge on any atom is 0.0985 e. The van der Waals surface area contributed by atoms with E-state index in [9.17, 15) is 4.39 Å². The number of nitrogens with zero attached hydrogens (tertiary/aromatic N) is 1. The van der Waals surface area contributed by atoms with Crippen LogP contribution in [0.15, 0.2) is 42.2 Å². The van der Waals surface area contributed by atoms with Crippen molar-refractivity contribution < 1.29 is 4.39 Å². The van der Waals surface area contributed by atoms with Crippen LogP contribution in [0.4, 0.5) is 4.39 Å². The smallest absolute Gasteiger partial charge is 0.0985 e. The molecule has 1 nitrogen and oxygen atoms in total. The van der Waals surface area contributed by atoms with Crippen molar-refractivity contribution in [3.63, 3.8) is 0 Å². The van der Waals surface area contributed by atoms with Crippen LogP contribution in [-0.4, -0.2) is 18.0 Å². The summed E-state index contributed by atoms with van der Waals surface area (Å²) in [6, 6.07) is 10.8. The van der Waals surface area contributed by atoms with E-state index >= 15 is 0 Å². The molecule has 1 aliphatic heterocycles. The highest BCUT2D eigenvalue weighted by molar-refractivity contribution is 5.26. The van der Waals surface area contributed by atoms with Crippen molar-refractivity contribution in [2.75, 3.05) is 13.1 Å². The third-order valence-corrected chi connectivity index (χ3v) is 4.75. The first kappa shape index (κ1) is 12.9. The second-order valence-electron chi connectivity index (χ2n) is 5.81. The Kier molecular flexibility index (Phi) is 3.69. The lowest BCUT2D eigenvalue weighted by molar-refractivity contribution is 0.0518. The molecule has 1 aromatic carbocycles. The Balaban J connectivity index is 1.93. The molecule has 0 atom stereocenters. The second-order valence-corrected chi connectivity index (χ2v) is 5.81. The second kappa shape index (κ2) is 5.46. The lowest BCUT2D eigenvalue weighted by Gasteiger charge is -2.48. The monoisotopic (exact) mass is 259 g/mol. The summed E-state index contributed by atoms with van der Waals surface area (Å²) in [7, 11) is 0. The third kappa shape index (κ3) is 2.46. The molecule has 2 heteroatoms. The number of hydrogen-bond donors (Lipinski definition) is 0. The van der Waals surface area contributed by atoms with Crippen LogP contribution in [0, 0.1) is 0 Å². The summed E-state index contributed by atoms with van der Waals surface area (Å²) in [5.41, 5.74) is 1.57. The Bertz CT molecular complexity index is 446. The van der Waals surface area contributed by atoms with Gasteiger partial charge in [-0.05, 0) is 24.5 Å². The molecule has 1 aromatic rings. The van der Waals surface area contributed by atoms with Gasteiger partial charge in [-0.15, -0.1) is 0 Å². The van der Waals surface area contributed by atoms with E-state index in [1.165, 1.54) is 37.7 Å². The van der Waals surface area contributed by atoms with Gasteiger partial charge in [-0.3, -0.25) is 4.90 Å². The Morgan fingerprint density at radius 1 is 1.00 bits per heavy atom. The van der Waals surface area contributed by atoms with Crippen LogP contribution >= 0.6 is 0 Å². The zero-order chi connectivity index (χ0) is 13.1. The summed E-state index contributed by atoms with van der Waals surface area (Å²) in [5, 5.41) is 0. The zero-order valence-electron chi connectivity index (χ0n) is 11.4. The molecular formula is C17H22FN. The predicted octanol–water partition coefficient (Wildman–Crippen LogP) is 4.41. The molecule has 1 aliphatic carbocycles. The van der Waals surface area contributed by atoms with E-state index in [0.29, 0.717) is 6.42 Å². The molecule has 1 saturated carbocycles. The molecule has 0 N–H and O–H groups in total. The van der Waals surface area contributed by atoms with Crippen molar-refractivity contribution in [1.82, 2.24) is 4.90 Å². The van der Waals surface area contributed by atoms with Crippen LogP contribution in [0.2, 0.25) is 0 Å². The quantitative estimate of drug-likeness (QED) is 0.760. The average Bonchev–Trinajstić information content (AvgIpc) is 2.49. The van der Waals surface area contributed by atoms with Crippen molar-refractivity contribution in [3.8, 4) is 0 Å². The van der Waals surface area contributed by atoms with Gasteiger partial charge in [0.05, 0.1) is 5.83 Å². The standard InChI is InChI=1S/C17H22FN/c18-16-9-13-19(14-10-16)17(11-5-2-6-12-17)15-7-3-1-4-8-15/h1,3-4,7-9H,2,5-6,10-14H2. The Morgan fingerprint density at radius 3 is 2.37 bits per heavy atom. The first-order chi connectivity index (χ1) is 9.31. The molecule has 0 aromatic heterocycles. The molecule has 0 saturated heterocycles. The molecule has 102 valence electrons. The first-order valence-electron chi connectivity index (χ1n) is 7.46. The van der Waals surface area contributed by atoms with Gasteiger partial charge in [0, 0.05) is 25.0 Å². The lowest BCUT2D eigenvalue weighted by Crippen LogP contribution is -2.49. The van der Waals surface area contributed by atoms with Crippen LogP contribution in [0.3, 0.4) is 0 Å². The summed E-state index contributed by atoms with van der Waals surface area (Å²) in [6.07, 6.45) is 8.69. The fourth-order valence-electron chi connectivity index (χ4n) is 3.71. The van der Waals surface area contributed by atoms with Crippen molar-refractivity contribution in [3.05, 3.63) is 47.8 Å².